The van der Waals surface area contributed by atoms with Gasteiger partial charge < -0.3 is 5.11 Å². The number of carbonyl (C=O) groups is 1. The number of hydrogen-bond acceptors (Lipinski definition) is 2. The molecule has 2 aromatic rings. The molecule has 2 heterocycles. The lowest BCUT2D eigenvalue weighted by molar-refractivity contribution is 0.0689. The normalized spacial score (nSPS) is 9.79. The summed E-state index contributed by atoms with van der Waals surface area (Å²) in [4.78, 5) is 14.7. The highest BCUT2D eigenvalue weighted by atomic mass is 35.5. The third kappa shape index (κ3) is 1.56. The molecular formula is C9H9ClN2O2. The second kappa shape index (κ2) is 3.67. The molecule has 0 saturated heterocycles. The van der Waals surface area contributed by atoms with E-state index in [1.165, 1.54) is 6.20 Å². The Morgan fingerprint density at radius 3 is 2.86 bits per heavy atom. The number of halogens is 1. The second-order valence-electron chi connectivity index (χ2n) is 2.88. The van der Waals surface area contributed by atoms with E-state index in [4.69, 9.17) is 5.11 Å². The zero-order valence-electron chi connectivity index (χ0n) is 7.47. The van der Waals surface area contributed by atoms with Gasteiger partial charge in [0, 0.05) is 6.20 Å². The molecule has 2 aromatic heterocycles. The zero-order chi connectivity index (χ0) is 9.42. The molecule has 0 fully saturated rings. The van der Waals surface area contributed by atoms with E-state index in [9.17, 15) is 4.79 Å². The number of carboxylic acid groups (broad SMARTS) is 1. The van der Waals surface area contributed by atoms with E-state index in [2.05, 4.69) is 4.98 Å². The quantitative estimate of drug-likeness (QED) is 0.784. The monoisotopic (exact) mass is 212 g/mol. The summed E-state index contributed by atoms with van der Waals surface area (Å²) in [5, 5.41) is 8.80. The van der Waals surface area contributed by atoms with Crippen molar-refractivity contribution in [3.8, 4) is 0 Å². The van der Waals surface area contributed by atoms with Crippen molar-refractivity contribution in [1.82, 2.24) is 9.38 Å². The Balaban J connectivity index is 0.000000980. The van der Waals surface area contributed by atoms with E-state index >= 15 is 0 Å². The Morgan fingerprint density at radius 2 is 2.21 bits per heavy atom. The lowest BCUT2D eigenvalue weighted by atomic mass is 10.3. The number of nitrogens with zero attached hydrogens (tertiary/aromatic N) is 2. The number of fused-ring (bicyclic) bond motifs is 1. The van der Waals surface area contributed by atoms with Crippen LogP contribution in [0, 0.1) is 6.92 Å². The Hall–Kier alpha value is -1.55. The predicted molar refractivity (Wildman–Crippen MR) is 54.1 cm³/mol. The van der Waals surface area contributed by atoms with Crippen LogP contribution in [0.3, 0.4) is 0 Å². The molecule has 74 valence electrons. The molecule has 0 radical (unpaired) electrons. The number of pyridine rings is 1. The number of imidazole rings is 1. The van der Waals surface area contributed by atoms with Gasteiger partial charge in [-0.05, 0) is 18.6 Å². The van der Waals surface area contributed by atoms with Gasteiger partial charge in [-0.3, -0.25) is 4.40 Å². The van der Waals surface area contributed by atoms with E-state index in [1.54, 1.807) is 16.7 Å². The Kier molecular flexibility index (Phi) is 2.76. The van der Waals surface area contributed by atoms with Gasteiger partial charge in [0.1, 0.15) is 5.65 Å². The maximum Gasteiger partial charge on any atom is 0.354 e. The van der Waals surface area contributed by atoms with E-state index in [0.717, 1.165) is 5.56 Å². The molecule has 14 heavy (non-hydrogen) atoms. The highest BCUT2D eigenvalue weighted by Crippen LogP contribution is 2.08. The minimum atomic E-state index is -0.960. The average molecular weight is 213 g/mol. The minimum absolute atomic E-state index is 0. The van der Waals surface area contributed by atoms with Gasteiger partial charge in [-0.1, -0.05) is 6.07 Å². The zero-order valence-corrected chi connectivity index (χ0v) is 8.28. The first-order valence-electron chi connectivity index (χ1n) is 3.85. The van der Waals surface area contributed by atoms with Crippen molar-refractivity contribution >= 4 is 24.0 Å². The summed E-state index contributed by atoms with van der Waals surface area (Å²) < 4.78 is 1.57. The maximum absolute atomic E-state index is 10.7. The van der Waals surface area contributed by atoms with Crippen molar-refractivity contribution < 1.29 is 9.90 Å². The number of hydrogen-bond donors (Lipinski definition) is 1. The Morgan fingerprint density at radius 1 is 1.50 bits per heavy atom. The number of carboxylic acids is 1. The van der Waals surface area contributed by atoms with Crippen molar-refractivity contribution in [2.24, 2.45) is 0 Å². The van der Waals surface area contributed by atoms with Crippen molar-refractivity contribution in [1.29, 1.82) is 0 Å². The topological polar surface area (TPSA) is 54.6 Å². The van der Waals surface area contributed by atoms with E-state index < -0.39 is 5.97 Å². The molecule has 1 N–H and O–H groups in total. The summed E-state index contributed by atoms with van der Waals surface area (Å²) in [7, 11) is 0. The van der Waals surface area contributed by atoms with Gasteiger partial charge in [0.05, 0.1) is 6.20 Å². The van der Waals surface area contributed by atoms with Crippen LogP contribution in [0.5, 0.6) is 0 Å². The molecule has 0 unspecified atom stereocenters. The van der Waals surface area contributed by atoms with E-state index in [0.29, 0.717) is 5.65 Å². The second-order valence-corrected chi connectivity index (χ2v) is 2.88. The smallest absolute Gasteiger partial charge is 0.354 e. The first-order valence-corrected chi connectivity index (χ1v) is 3.85. The lowest BCUT2D eigenvalue weighted by Crippen LogP contribution is -2.01. The SMILES string of the molecule is Cc1ccc2ncc(C(=O)O)n2c1.Cl. The molecule has 0 spiro atoms. The summed E-state index contributed by atoms with van der Waals surface area (Å²) in [5.74, 6) is -0.960. The van der Waals surface area contributed by atoms with Crippen molar-refractivity contribution in [3.63, 3.8) is 0 Å². The molecule has 0 aromatic carbocycles. The van der Waals surface area contributed by atoms with Gasteiger partial charge in [-0.2, -0.15) is 0 Å². The fraction of sp³-hybridized carbons (Fsp3) is 0.111. The molecule has 0 saturated carbocycles. The number of aromatic nitrogens is 2. The van der Waals surface area contributed by atoms with Crippen LogP contribution >= 0.6 is 12.4 Å². The highest BCUT2D eigenvalue weighted by Gasteiger charge is 2.09. The summed E-state index contributed by atoms with van der Waals surface area (Å²) in [6.07, 6.45) is 3.11. The van der Waals surface area contributed by atoms with Crippen LogP contribution in [-0.4, -0.2) is 20.5 Å². The third-order valence-electron chi connectivity index (χ3n) is 1.87. The molecule has 0 aliphatic rings. The van der Waals surface area contributed by atoms with Gasteiger partial charge in [-0.15, -0.1) is 12.4 Å². The van der Waals surface area contributed by atoms with E-state index in [1.807, 2.05) is 13.0 Å². The van der Waals surface area contributed by atoms with Crippen LogP contribution in [-0.2, 0) is 0 Å². The van der Waals surface area contributed by atoms with Gasteiger partial charge in [0.15, 0.2) is 5.69 Å². The fourth-order valence-corrected chi connectivity index (χ4v) is 1.25. The van der Waals surface area contributed by atoms with Crippen LogP contribution < -0.4 is 0 Å². The van der Waals surface area contributed by atoms with Crippen molar-refractivity contribution in [2.45, 2.75) is 6.92 Å². The highest BCUT2D eigenvalue weighted by molar-refractivity contribution is 5.86. The van der Waals surface area contributed by atoms with Crippen LogP contribution in [0.15, 0.2) is 24.5 Å². The molecule has 0 bridgehead atoms. The van der Waals surface area contributed by atoms with Crippen LogP contribution in [0.4, 0.5) is 0 Å². The van der Waals surface area contributed by atoms with Crippen molar-refractivity contribution in [3.05, 3.63) is 35.8 Å². The summed E-state index contributed by atoms with van der Waals surface area (Å²) in [6, 6.07) is 3.69. The van der Waals surface area contributed by atoms with Crippen LogP contribution in [0.2, 0.25) is 0 Å². The van der Waals surface area contributed by atoms with Crippen LogP contribution in [0.25, 0.3) is 5.65 Å². The first-order chi connectivity index (χ1) is 6.18. The third-order valence-corrected chi connectivity index (χ3v) is 1.87. The molecule has 0 amide bonds. The Bertz CT molecular complexity index is 479. The van der Waals surface area contributed by atoms with Crippen molar-refractivity contribution in [2.75, 3.05) is 0 Å². The summed E-state index contributed by atoms with van der Waals surface area (Å²) >= 11 is 0. The van der Waals surface area contributed by atoms with E-state index in [-0.39, 0.29) is 18.1 Å². The lowest BCUT2D eigenvalue weighted by Gasteiger charge is -1.97. The maximum atomic E-state index is 10.7. The number of aromatic carboxylic acids is 1. The minimum Gasteiger partial charge on any atom is -0.477 e. The van der Waals surface area contributed by atoms with Gasteiger partial charge in [0.25, 0.3) is 0 Å². The summed E-state index contributed by atoms with van der Waals surface area (Å²) in [6.45, 7) is 1.91. The Labute approximate surface area is 86.6 Å². The van der Waals surface area contributed by atoms with Gasteiger partial charge in [0.2, 0.25) is 0 Å². The van der Waals surface area contributed by atoms with Gasteiger partial charge >= 0.3 is 5.97 Å². The largest absolute Gasteiger partial charge is 0.477 e. The molecular weight excluding hydrogens is 204 g/mol. The molecule has 2 rings (SSSR count). The number of rotatable bonds is 1. The molecule has 5 heteroatoms. The molecule has 0 atom stereocenters. The predicted octanol–water partition coefficient (Wildman–Crippen LogP) is 1.76. The molecule has 0 aliphatic heterocycles. The fourth-order valence-electron chi connectivity index (χ4n) is 1.25. The van der Waals surface area contributed by atoms with Gasteiger partial charge in [-0.25, -0.2) is 9.78 Å². The average Bonchev–Trinajstić information content (AvgIpc) is 2.46. The first kappa shape index (κ1) is 10.5. The number of aryl methyl sites for hydroxylation is 1. The van der Waals surface area contributed by atoms with Crippen LogP contribution in [0.1, 0.15) is 16.1 Å². The molecule has 0 aliphatic carbocycles. The summed E-state index contributed by atoms with van der Waals surface area (Å²) in [5.41, 5.74) is 1.86. The standard InChI is InChI=1S/C9H8N2O2.ClH/c1-6-2-3-8-10-4-7(9(12)13)11(8)5-6;/h2-5H,1H3,(H,12,13);1H. The molecule has 4 nitrogen and oxygen atoms in total.